The lowest BCUT2D eigenvalue weighted by molar-refractivity contribution is -0.126. The third-order valence-electron chi connectivity index (χ3n) is 7.26. The highest BCUT2D eigenvalue weighted by Crippen LogP contribution is 2.41. The summed E-state index contributed by atoms with van der Waals surface area (Å²) in [6, 6.07) is 19.0. The Morgan fingerprint density at radius 1 is 1.04 bits per heavy atom. The van der Waals surface area contributed by atoms with Crippen molar-refractivity contribution >= 4 is 58.2 Å². The van der Waals surface area contributed by atoms with Crippen LogP contribution in [0.2, 0.25) is 10.0 Å². The second-order valence-corrected chi connectivity index (χ2v) is 13.3. The average molecular weight is 663 g/mol. The monoisotopic (exact) mass is 661 g/mol. The topological polar surface area (TPSA) is 105 Å². The maximum absolute atomic E-state index is 12.9. The molecular formula is C33H33Cl2N7O2S. The van der Waals surface area contributed by atoms with Gasteiger partial charge in [0.25, 0.3) is 0 Å². The minimum Gasteiger partial charge on any atom is -0.378 e. The smallest absolute Gasteiger partial charge is 0.237 e. The van der Waals surface area contributed by atoms with Gasteiger partial charge in [-0.15, -0.1) is 5.10 Å². The van der Waals surface area contributed by atoms with Crippen molar-refractivity contribution in [3.63, 3.8) is 0 Å². The number of benzene rings is 3. The summed E-state index contributed by atoms with van der Waals surface area (Å²) in [5.41, 5.74) is 4.10. The van der Waals surface area contributed by atoms with E-state index >= 15 is 0 Å². The molecule has 5 rings (SSSR count). The zero-order valence-corrected chi connectivity index (χ0v) is 27.7. The summed E-state index contributed by atoms with van der Waals surface area (Å²) in [5, 5.41) is 19.0. The molecule has 0 atom stereocenters. The van der Waals surface area contributed by atoms with E-state index in [0.29, 0.717) is 44.6 Å². The lowest BCUT2D eigenvalue weighted by Crippen LogP contribution is -2.35. The lowest BCUT2D eigenvalue weighted by Gasteiger charge is -2.18. The first kappa shape index (κ1) is 32.4. The highest BCUT2D eigenvalue weighted by atomic mass is 35.5. The number of anilines is 2. The summed E-state index contributed by atoms with van der Waals surface area (Å²) in [6.07, 6.45) is 2.36. The Balaban J connectivity index is 1.14. The Hall–Kier alpha value is -4.04. The van der Waals surface area contributed by atoms with Crippen LogP contribution in [-0.4, -0.2) is 51.9 Å². The number of carbonyl (C=O) groups is 2. The number of nitrogens with zero attached hydrogens (tertiary/aromatic N) is 5. The molecule has 12 heteroatoms. The molecule has 45 heavy (non-hydrogen) atoms. The Kier molecular flexibility index (Phi) is 10.0. The fraction of sp³-hybridized carbons (Fsp3) is 0.303. The SMILES string of the molecule is CN(C)c1ccc(CNC(=O)C(C)(C)C#Cc2ccc(NC(=O)CSc3nnnn3-c3ccc(C4CC4)cc3Cl)c(Cl)c2)cc1. The summed E-state index contributed by atoms with van der Waals surface area (Å²) in [6.45, 7) is 3.95. The van der Waals surface area contributed by atoms with Crippen LogP contribution in [0.25, 0.3) is 5.69 Å². The van der Waals surface area contributed by atoms with Gasteiger partial charge in [-0.2, -0.15) is 4.68 Å². The Morgan fingerprint density at radius 3 is 2.47 bits per heavy atom. The van der Waals surface area contributed by atoms with Gasteiger partial charge in [-0.25, -0.2) is 0 Å². The second-order valence-electron chi connectivity index (χ2n) is 11.5. The maximum Gasteiger partial charge on any atom is 0.237 e. The molecule has 1 fully saturated rings. The quantitative estimate of drug-likeness (QED) is 0.151. The molecule has 2 amide bonds. The van der Waals surface area contributed by atoms with E-state index in [9.17, 15) is 9.59 Å². The van der Waals surface area contributed by atoms with Crippen LogP contribution >= 0.6 is 35.0 Å². The summed E-state index contributed by atoms with van der Waals surface area (Å²) in [5.74, 6) is 6.26. The van der Waals surface area contributed by atoms with Crippen molar-refractivity contribution in [1.29, 1.82) is 0 Å². The first-order valence-corrected chi connectivity index (χ1v) is 16.1. The minimum atomic E-state index is -0.931. The molecule has 1 aliphatic carbocycles. The number of carbonyl (C=O) groups excluding carboxylic acids is 2. The van der Waals surface area contributed by atoms with Gasteiger partial charge in [-0.1, -0.05) is 65.0 Å². The van der Waals surface area contributed by atoms with Crippen molar-refractivity contribution in [2.24, 2.45) is 5.41 Å². The van der Waals surface area contributed by atoms with Crippen LogP contribution in [0.4, 0.5) is 11.4 Å². The van der Waals surface area contributed by atoms with Crippen LogP contribution in [0.3, 0.4) is 0 Å². The number of thioether (sulfide) groups is 1. The Bertz CT molecular complexity index is 1770. The van der Waals surface area contributed by atoms with E-state index in [-0.39, 0.29) is 17.6 Å². The molecule has 0 radical (unpaired) electrons. The third kappa shape index (κ3) is 8.37. The molecule has 4 aromatic rings. The Morgan fingerprint density at radius 2 is 1.80 bits per heavy atom. The van der Waals surface area contributed by atoms with Crippen LogP contribution in [0.1, 0.15) is 49.3 Å². The van der Waals surface area contributed by atoms with Gasteiger partial charge < -0.3 is 15.5 Å². The molecule has 0 bridgehead atoms. The molecule has 0 spiro atoms. The van der Waals surface area contributed by atoms with Gasteiger partial charge in [0, 0.05) is 31.9 Å². The fourth-order valence-corrected chi connectivity index (χ4v) is 5.58. The van der Waals surface area contributed by atoms with E-state index in [2.05, 4.69) is 38.0 Å². The zero-order chi connectivity index (χ0) is 32.1. The van der Waals surface area contributed by atoms with Crippen molar-refractivity contribution in [3.05, 3.63) is 87.4 Å². The number of halogens is 2. The number of hydrogen-bond acceptors (Lipinski definition) is 7. The number of hydrogen-bond donors (Lipinski definition) is 2. The van der Waals surface area contributed by atoms with E-state index in [1.807, 2.05) is 61.5 Å². The predicted octanol–water partition coefficient (Wildman–Crippen LogP) is 6.34. The zero-order valence-electron chi connectivity index (χ0n) is 25.4. The first-order valence-electron chi connectivity index (χ1n) is 14.4. The van der Waals surface area contributed by atoms with Crippen molar-refractivity contribution in [3.8, 4) is 17.5 Å². The van der Waals surface area contributed by atoms with Gasteiger partial charge in [-0.05, 0) is 96.6 Å². The molecule has 1 aliphatic rings. The summed E-state index contributed by atoms with van der Waals surface area (Å²) in [4.78, 5) is 27.6. The van der Waals surface area contributed by atoms with Crippen LogP contribution in [0, 0.1) is 17.3 Å². The van der Waals surface area contributed by atoms with Gasteiger partial charge in [-0.3, -0.25) is 9.59 Å². The third-order valence-corrected chi connectivity index (χ3v) is 8.79. The van der Waals surface area contributed by atoms with Gasteiger partial charge in [0.2, 0.25) is 17.0 Å². The molecule has 0 aliphatic heterocycles. The van der Waals surface area contributed by atoms with Gasteiger partial charge in [0.1, 0.15) is 5.41 Å². The summed E-state index contributed by atoms with van der Waals surface area (Å²) >= 11 is 14.2. The highest BCUT2D eigenvalue weighted by Gasteiger charge is 2.26. The van der Waals surface area contributed by atoms with E-state index in [4.69, 9.17) is 23.2 Å². The largest absolute Gasteiger partial charge is 0.378 e. The molecule has 0 saturated heterocycles. The van der Waals surface area contributed by atoms with E-state index in [0.717, 1.165) is 11.3 Å². The number of tetrazole rings is 1. The van der Waals surface area contributed by atoms with E-state index in [1.165, 1.54) is 34.8 Å². The molecule has 1 aromatic heterocycles. The lowest BCUT2D eigenvalue weighted by atomic mass is 9.92. The van der Waals surface area contributed by atoms with E-state index < -0.39 is 5.41 Å². The van der Waals surface area contributed by atoms with Gasteiger partial charge in [0.05, 0.1) is 27.2 Å². The van der Waals surface area contributed by atoms with Crippen molar-refractivity contribution in [2.75, 3.05) is 30.1 Å². The van der Waals surface area contributed by atoms with Gasteiger partial charge in [0.15, 0.2) is 0 Å². The Labute approximate surface area is 277 Å². The van der Waals surface area contributed by atoms with Crippen molar-refractivity contribution < 1.29 is 9.59 Å². The molecule has 3 aromatic carbocycles. The number of rotatable bonds is 10. The molecule has 1 saturated carbocycles. The number of amides is 2. The molecule has 1 heterocycles. The van der Waals surface area contributed by atoms with Crippen molar-refractivity contribution in [1.82, 2.24) is 25.5 Å². The van der Waals surface area contributed by atoms with Gasteiger partial charge >= 0.3 is 0 Å². The molecule has 2 N–H and O–H groups in total. The first-order chi connectivity index (χ1) is 21.5. The van der Waals surface area contributed by atoms with E-state index in [1.54, 1.807) is 32.0 Å². The average Bonchev–Trinajstić information content (AvgIpc) is 3.77. The minimum absolute atomic E-state index is 0.0547. The van der Waals surface area contributed by atoms with Crippen LogP contribution in [-0.2, 0) is 16.1 Å². The standard InChI is InChI=1S/C33H33Cl2N7O2S/c1-33(2,31(44)36-19-22-5-11-25(12-6-22)41(3)4)16-15-21-7-13-28(26(34)17-21)37-30(43)20-45-32-38-39-40-42(32)29-14-10-24(18-27(29)35)23-8-9-23/h5-7,10-14,17-18,23H,8-9,19-20H2,1-4H3,(H,36,44)(H,37,43). The molecule has 232 valence electrons. The van der Waals surface area contributed by atoms with Crippen LogP contribution in [0.15, 0.2) is 65.8 Å². The summed E-state index contributed by atoms with van der Waals surface area (Å²) in [7, 11) is 3.96. The molecule has 9 nitrogen and oxygen atoms in total. The second kappa shape index (κ2) is 13.9. The van der Waals surface area contributed by atoms with Crippen LogP contribution in [0.5, 0.6) is 0 Å². The maximum atomic E-state index is 12.9. The molecule has 0 unspecified atom stereocenters. The summed E-state index contributed by atoms with van der Waals surface area (Å²) < 4.78 is 1.53. The number of nitrogens with one attached hydrogen (secondary N) is 2. The highest BCUT2D eigenvalue weighted by molar-refractivity contribution is 7.99. The predicted molar refractivity (Wildman–Crippen MR) is 180 cm³/mol. The number of aromatic nitrogens is 4. The fourth-order valence-electron chi connectivity index (χ4n) is 4.40. The van der Waals surface area contributed by atoms with Crippen LogP contribution < -0.4 is 15.5 Å². The molecular weight excluding hydrogens is 629 g/mol. The normalized spacial score (nSPS) is 12.7. The van der Waals surface area contributed by atoms with Crippen molar-refractivity contribution in [2.45, 2.75) is 44.3 Å².